The number of hydrogen-bond acceptors (Lipinski definition) is 4. The van der Waals surface area contributed by atoms with E-state index in [0.29, 0.717) is 23.1 Å². The van der Waals surface area contributed by atoms with Crippen LogP contribution >= 0.6 is 0 Å². The van der Waals surface area contributed by atoms with Gasteiger partial charge in [-0.1, -0.05) is 44.7 Å². The van der Waals surface area contributed by atoms with Crippen LogP contribution in [0.2, 0.25) is 0 Å². The minimum absolute atomic E-state index is 0.00657. The Morgan fingerprint density at radius 2 is 1.77 bits per heavy atom. The second kappa shape index (κ2) is 9.18. The SMILES string of the molecule is C=C1CC=CC(/C=N/[C@@H](CC)C(CC)/N=C/c2cccc(C)c2O)=C1O. The van der Waals surface area contributed by atoms with E-state index in [-0.39, 0.29) is 23.6 Å². The summed E-state index contributed by atoms with van der Waals surface area (Å²) in [6, 6.07) is 5.64. The molecule has 0 heterocycles. The Kier molecular flexibility index (Phi) is 6.96. The van der Waals surface area contributed by atoms with Crippen molar-refractivity contribution in [2.75, 3.05) is 0 Å². The van der Waals surface area contributed by atoms with E-state index < -0.39 is 0 Å². The third-order valence-electron chi connectivity index (χ3n) is 4.63. The maximum atomic E-state index is 10.1. The molecule has 0 spiro atoms. The van der Waals surface area contributed by atoms with Crippen molar-refractivity contribution < 1.29 is 10.2 Å². The number of para-hydroxylation sites is 1. The molecule has 2 atom stereocenters. The first-order chi connectivity index (χ1) is 12.5. The zero-order valence-electron chi connectivity index (χ0n) is 15.8. The number of aliphatic hydroxyl groups is 1. The first-order valence-corrected chi connectivity index (χ1v) is 9.10. The molecule has 26 heavy (non-hydrogen) atoms. The lowest BCUT2D eigenvalue weighted by atomic mass is 10.0. The molecule has 1 unspecified atom stereocenters. The second-order valence-corrected chi connectivity index (χ2v) is 6.53. The summed E-state index contributed by atoms with van der Waals surface area (Å²) in [4.78, 5) is 9.33. The third-order valence-corrected chi connectivity index (χ3v) is 4.63. The number of phenols is 1. The van der Waals surface area contributed by atoms with Gasteiger partial charge in [0, 0.05) is 23.6 Å². The normalized spacial score (nSPS) is 17.4. The molecule has 1 aliphatic rings. The maximum absolute atomic E-state index is 10.1. The van der Waals surface area contributed by atoms with Crippen LogP contribution in [-0.4, -0.2) is 34.7 Å². The number of phenolic OH excluding ortho intramolecular Hbond substituents is 1. The van der Waals surface area contributed by atoms with Crippen LogP contribution in [0.4, 0.5) is 0 Å². The van der Waals surface area contributed by atoms with Gasteiger partial charge in [-0.15, -0.1) is 0 Å². The van der Waals surface area contributed by atoms with Crippen molar-refractivity contribution in [3.63, 3.8) is 0 Å². The lowest BCUT2D eigenvalue weighted by Crippen LogP contribution is -2.22. The van der Waals surface area contributed by atoms with Gasteiger partial charge < -0.3 is 10.2 Å². The van der Waals surface area contributed by atoms with Crippen molar-refractivity contribution in [2.45, 2.75) is 52.1 Å². The van der Waals surface area contributed by atoms with Gasteiger partial charge in [-0.3, -0.25) is 9.98 Å². The van der Waals surface area contributed by atoms with E-state index in [1.54, 1.807) is 12.4 Å². The highest BCUT2D eigenvalue weighted by molar-refractivity contribution is 5.85. The zero-order valence-corrected chi connectivity index (χ0v) is 15.8. The quantitative estimate of drug-likeness (QED) is 0.672. The Balaban J connectivity index is 2.18. The summed E-state index contributed by atoms with van der Waals surface area (Å²) in [5.41, 5.74) is 2.95. The largest absolute Gasteiger partial charge is 0.507 e. The number of allylic oxidation sites excluding steroid dienone is 4. The van der Waals surface area contributed by atoms with Crippen molar-refractivity contribution in [3.05, 3.63) is 65.0 Å². The monoisotopic (exact) mass is 352 g/mol. The molecule has 0 aromatic heterocycles. The van der Waals surface area contributed by atoms with Crippen LogP contribution in [-0.2, 0) is 0 Å². The lowest BCUT2D eigenvalue weighted by Gasteiger charge is -2.18. The number of aliphatic imine (C=N–C) groups is 2. The summed E-state index contributed by atoms with van der Waals surface area (Å²) >= 11 is 0. The van der Waals surface area contributed by atoms with E-state index in [2.05, 4.69) is 30.4 Å². The maximum Gasteiger partial charge on any atom is 0.127 e. The number of aliphatic hydroxyl groups excluding tert-OH is 1. The van der Waals surface area contributed by atoms with Gasteiger partial charge in [-0.25, -0.2) is 0 Å². The predicted octanol–water partition coefficient (Wildman–Crippen LogP) is 5.08. The van der Waals surface area contributed by atoms with Crippen molar-refractivity contribution in [1.29, 1.82) is 0 Å². The topological polar surface area (TPSA) is 65.2 Å². The number of rotatable bonds is 7. The van der Waals surface area contributed by atoms with Crippen molar-refractivity contribution in [3.8, 4) is 5.75 Å². The molecule has 0 aliphatic heterocycles. The van der Waals surface area contributed by atoms with Gasteiger partial charge in [-0.2, -0.15) is 0 Å². The summed E-state index contributed by atoms with van der Waals surface area (Å²) in [7, 11) is 0. The van der Waals surface area contributed by atoms with E-state index in [1.165, 1.54) is 0 Å². The van der Waals surface area contributed by atoms with Gasteiger partial charge in [0.05, 0.1) is 12.1 Å². The zero-order chi connectivity index (χ0) is 19.1. The molecule has 4 heteroatoms. The average molecular weight is 352 g/mol. The molecule has 2 rings (SSSR count). The minimum Gasteiger partial charge on any atom is -0.507 e. The van der Waals surface area contributed by atoms with Crippen LogP contribution in [0, 0.1) is 6.92 Å². The number of benzene rings is 1. The Hall–Kier alpha value is -2.62. The third kappa shape index (κ3) is 4.72. The van der Waals surface area contributed by atoms with Crippen LogP contribution in [0.1, 0.15) is 44.2 Å². The molecule has 2 N–H and O–H groups in total. The lowest BCUT2D eigenvalue weighted by molar-refractivity contribution is 0.418. The number of aromatic hydroxyl groups is 1. The molecule has 4 nitrogen and oxygen atoms in total. The fourth-order valence-electron chi connectivity index (χ4n) is 2.90. The van der Waals surface area contributed by atoms with E-state index in [0.717, 1.165) is 18.4 Å². The van der Waals surface area contributed by atoms with Gasteiger partial charge in [0.1, 0.15) is 11.5 Å². The van der Waals surface area contributed by atoms with Crippen LogP contribution in [0.25, 0.3) is 0 Å². The van der Waals surface area contributed by atoms with E-state index >= 15 is 0 Å². The Bertz CT molecular complexity index is 772. The summed E-state index contributed by atoms with van der Waals surface area (Å²) in [5.74, 6) is 0.482. The molecule has 1 aromatic carbocycles. The van der Waals surface area contributed by atoms with Gasteiger partial charge in [-0.05, 0) is 43.4 Å². The molecule has 1 aliphatic carbocycles. The predicted molar refractivity (Wildman–Crippen MR) is 110 cm³/mol. The number of hydrogen-bond donors (Lipinski definition) is 2. The fourth-order valence-corrected chi connectivity index (χ4v) is 2.90. The Labute approximate surface area is 156 Å². The highest BCUT2D eigenvalue weighted by atomic mass is 16.3. The highest BCUT2D eigenvalue weighted by Crippen LogP contribution is 2.22. The van der Waals surface area contributed by atoms with E-state index in [9.17, 15) is 10.2 Å². The summed E-state index contributed by atoms with van der Waals surface area (Å²) in [5, 5.41) is 20.2. The summed E-state index contributed by atoms with van der Waals surface area (Å²) < 4.78 is 0. The van der Waals surface area contributed by atoms with Gasteiger partial charge in [0.25, 0.3) is 0 Å². The van der Waals surface area contributed by atoms with Crippen molar-refractivity contribution >= 4 is 12.4 Å². The average Bonchev–Trinajstić information content (AvgIpc) is 2.64. The van der Waals surface area contributed by atoms with Crippen LogP contribution in [0.5, 0.6) is 5.75 Å². The Morgan fingerprint density at radius 3 is 2.42 bits per heavy atom. The summed E-state index contributed by atoms with van der Waals surface area (Å²) in [6.45, 7) is 9.88. The van der Waals surface area contributed by atoms with Crippen LogP contribution in [0.15, 0.2) is 63.8 Å². The highest BCUT2D eigenvalue weighted by Gasteiger charge is 2.16. The molecule has 0 fully saturated rings. The standard InChI is InChI=1S/C22H28N2O2/c1-5-19(23-13-17-11-7-9-15(3)21(17)25)20(6-2)24-14-18-12-8-10-16(4)22(18)26/h7-8,10-14,19-20,25-26H,3,5-6,9H2,1-2,4H3/b23-13+,24-14+/t19-,20?/m0/s1. The molecule has 1 aromatic rings. The molecule has 0 radical (unpaired) electrons. The minimum atomic E-state index is 0.00657. The first kappa shape index (κ1) is 19.7. The molecular formula is C22H28N2O2. The van der Waals surface area contributed by atoms with Crippen molar-refractivity contribution in [2.24, 2.45) is 9.98 Å². The molecule has 0 bridgehead atoms. The van der Waals surface area contributed by atoms with E-state index in [1.807, 2.05) is 37.3 Å². The molecule has 0 saturated carbocycles. The molecule has 0 saturated heterocycles. The van der Waals surface area contributed by atoms with Gasteiger partial charge in [0.2, 0.25) is 0 Å². The molecule has 138 valence electrons. The molecule has 0 amide bonds. The smallest absolute Gasteiger partial charge is 0.127 e. The van der Waals surface area contributed by atoms with E-state index in [4.69, 9.17) is 0 Å². The second-order valence-electron chi connectivity index (χ2n) is 6.53. The fraction of sp³-hybridized carbons (Fsp3) is 0.364. The molecular weight excluding hydrogens is 324 g/mol. The van der Waals surface area contributed by atoms with Crippen LogP contribution in [0.3, 0.4) is 0 Å². The number of aryl methyl sites for hydroxylation is 1. The Morgan fingerprint density at radius 1 is 1.12 bits per heavy atom. The van der Waals surface area contributed by atoms with Gasteiger partial charge in [0.15, 0.2) is 0 Å². The van der Waals surface area contributed by atoms with Crippen LogP contribution < -0.4 is 0 Å². The summed E-state index contributed by atoms with van der Waals surface area (Å²) in [6.07, 6.45) is 9.63. The van der Waals surface area contributed by atoms with Gasteiger partial charge >= 0.3 is 0 Å². The number of nitrogens with zero attached hydrogens (tertiary/aromatic N) is 2. The van der Waals surface area contributed by atoms with Crippen molar-refractivity contribution in [1.82, 2.24) is 0 Å². The first-order valence-electron chi connectivity index (χ1n) is 9.10.